The largest absolute Gasteiger partial charge is 0.384 e. The van der Waals surface area contributed by atoms with Crippen LogP contribution in [0.4, 0.5) is 5.69 Å². The molecule has 0 fully saturated rings. The van der Waals surface area contributed by atoms with Crippen LogP contribution in [0.15, 0.2) is 36.4 Å². The smallest absolute Gasteiger partial charge is 0.224 e. The van der Waals surface area contributed by atoms with Crippen molar-refractivity contribution in [2.24, 2.45) is 0 Å². The molecule has 1 atom stereocenters. The minimum atomic E-state index is -0.802. The normalized spacial score (nSPS) is 15.3. The van der Waals surface area contributed by atoms with Gasteiger partial charge in [-0.3, -0.25) is 4.79 Å². The zero-order chi connectivity index (χ0) is 15.0. The van der Waals surface area contributed by atoms with E-state index in [-0.39, 0.29) is 5.91 Å². The van der Waals surface area contributed by atoms with E-state index in [4.69, 9.17) is 23.2 Å². The number of nitrogens with one attached hydrogen (secondary N) is 1. The highest BCUT2D eigenvalue weighted by atomic mass is 35.5. The van der Waals surface area contributed by atoms with Crippen molar-refractivity contribution in [1.82, 2.24) is 0 Å². The molecule has 2 aromatic carbocycles. The predicted molar refractivity (Wildman–Crippen MR) is 83.9 cm³/mol. The lowest BCUT2D eigenvalue weighted by atomic mass is 9.95. The van der Waals surface area contributed by atoms with E-state index in [9.17, 15) is 9.90 Å². The molecule has 0 aromatic heterocycles. The maximum atomic E-state index is 11.4. The Bertz CT molecular complexity index is 695. The highest BCUT2D eigenvalue weighted by molar-refractivity contribution is 6.34. The highest BCUT2D eigenvalue weighted by Gasteiger charge is 2.18. The minimum absolute atomic E-state index is 0.0254. The molecule has 2 aromatic rings. The highest BCUT2D eigenvalue weighted by Crippen LogP contribution is 2.31. The number of fused-ring (bicyclic) bond motifs is 1. The number of hydrogen-bond acceptors (Lipinski definition) is 2. The molecule has 1 aliphatic heterocycles. The van der Waals surface area contributed by atoms with Gasteiger partial charge in [-0.25, -0.2) is 0 Å². The topological polar surface area (TPSA) is 49.3 Å². The summed E-state index contributed by atoms with van der Waals surface area (Å²) in [5, 5.41) is 14.3. The summed E-state index contributed by atoms with van der Waals surface area (Å²) in [7, 11) is 0. The fourth-order valence-electron chi connectivity index (χ4n) is 2.50. The van der Waals surface area contributed by atoms with Crippen molar-refractivity contribution in [3.63, 3.8) is 0 Å². The number of rotatable bonds is 2. The fourth-order valence-corrected chi connectivity index (χ4v) is 3.04. The summed E-state index contributed by atoms with van der Waals surface area (Å²) < 4.78 is 0. The molecular weight excluding hydrogens is 309 g/mol. The third-order valence-corrected chi connectivity index (χ3v) is 3.98. The summed E-state index contributed by atoms with van der Waals surface area (Å²) in [5.74, 6) is 0.0254. The average molecular weight is 322 g/mol. The van der Waals surface area contributed by atoms with Crippen LogP contribution in [0.1, 0.15) is 29.2 Å². The first-order valence-electron chi connectivity index (χ1n) is 6.59. The second kappa shape index (κ2) is 5.68. The molecule has 0 radical (unpaired) electrons. The van der Waals surface area contributed by atoms with E-state index in [1.54, 1.807) is 24.3 Å². The molecule has 3 rings (SSSR count). The van der Waals surface area contributed by atoms with Crippen LogP contribution in [0.3, 0.4) is 0 Å². The zero-order valence-corrected chi connectivity index (χ0v) is 12.6. The van der Waals surface area contributed by atoms with Crippen LogP contribution in [-0.2, 0) is 11.2 Å². The van der Waals surface area contributed by atoms with E-state index in [0.29, 0.717) is 28.5 Å². The number of aryl methyl sites for hydroxylation is 1. The molecule has 0 saturated heterocycles. The second-order valence-electron chi connectivity index (χ2n) is 5.07. The van der Waals surface area contributed by atoms with Gasteiger partial charge in [0, 0.05) is 22.2 Å². The summed E-state index contributed by atoms with van der Waals surface area (Å²) >= 11 is 11.9. The van der Waals surface area contributed by atoms with E-state index < -0.39 is 6.10 Å². The van der Waals surface area contributed by atoms with Crippen molar-refractivity contribution >= 4 is 34.8 Å². The lowest BCUT2D eigenvalue weighted by Gasteiger charge is -2.19. The Kier molecular flexibility index (Phi) is 3.89. The molecule has 0 bridgehead atoms. The lowest BCUT2D eigenvalue weighted by molar-refractivity contribution is -0.116. The Labute approximate surface area is 132 Å². The van der Waals surface area contributed by atoms with E-state index in [2.05, 4.69) is 5.32 Å². The van der Waals surface area contributed by atoms with Crippen molar-refractivity contribution < 1.29 is 9.90 Å². The first kappa shape index (κ1) is 14.4. The average Bonchev–Trinajstić information content (AvgIpc) is 2.45. The van der Waals surface area contributed by atoms with E-state index in [1.165, 1.54) is 0 Å². The van der Waals surface area contributed by atoms with Gasteiger partial charge >= 0.3 is 0 Å². The third kappa shape index (κ3) is 3.05. The molecule has 0 aliphatic carbocycles. The van der Waals surface area contributed by atoms with Crippen LogP contribution >= 0.6 is 23.2 Å². The molecular formula is C16H13Cl2NO2. The SMILES string of the molecule is O=C1CCc2cc(C(O)c3cc(Cl)cc(Cl)c3)ccc2N1. The molecule has 5 heteroatoms. The van der Waals surface area contributed by atoms with Crippen molar-refractivity contribution in [2.75, 3.05) is 5.32 Å². The third-order valence-electron chi connectivity index (χ3n) is 3.54. The van der Waals surface area contributed by atoms with E-state index in [1.807, 2.05) is 12.1 Å². The van der Waals surface area contributed by atoms with Gasteiger partial charge in [0.2, 0.25) is 5.91 Å². The summed E-state index contributed by atoms with van der Waals surface area (Å²) in [6, 6.07) is 10.5. The fraction of sp³-hybridized carbons (Fsp3) is 0.188. The summed E-state index contributed by atoms with van der Waals surface area (Å²) in [6.07, 6.45) is 0.345. The van der Waals surface area contributed by atoms with Crippen LogP contribution in [-0.4, -0.2) is 11.0 Å². The Balaban J connectivity index is 1.94. The van der Waals surface area contributed by atoms with Crippen molar-refractivity contribution in [3.05, 3.63) is 63.1 Å². The number of benzene rings is 2. The predicted octanol–water partition coefficient (Wildman–Crippen LogP) is 3.96. The number of carbonyl (C=O) groups excluding carboxylic acids is 1. The van der Waals surface area contributed by atoms with Crippen LogP contribution in [0.5, 0.6) is 0 Å². The zero-order valence-electron chi connectivity index (χ0n) is 11.1. The second-order valence-corrected chi connectivity index (χ2v) is 5.94. The number of halogens is 2. The molecule has 3 nitrogen and oxygen atoms in total. The number of anilines is 1. The molecule has 1 heterocycles. The summed E-state index contributed by atoms with van der Waals surface area (Å²) in [6.45, 7) is 0. The van der Waals surface area contributed by atoms with Crippen LogP contribution in [0.25, 0.3) is 0 Å². The molecule has 1 aliphatic rings. The molecule has 0 spiro atoms. The molecule has 108 valence electrons. The van der Waals surface area contributed by atoms with Crippen LogP contribution in [0.2, 0.25) is 10.0 Å². The molecule has 1 unspecified atom stereocenters. The van der Waals surface area contributed by atoms with Gasteiger partial charge in [-0.15, -0.1) is 0 Å². The van der Waals surface area contributed by atoms with Gasteiger partial charge in [0.15, 0.2) is 0 Å². The number of aliphatic hydroxyl groups excluding tert-OH is 1. The number of carbonyl (C=O) groups is 1. The van der Waals surface area contributed by atoms with Gasteiger partial charge in [0.1, 0.15) is 6.10 Å². The Morgan fingerprint density at radius 2 is 1.71 bits per heavy atom. The van der Waals surface area contributed by atoms with Crippen LogP contribution in [0, 0.1) is 0 Å². The van der Waals surface area contributed by atoms with Gasteiger partial charge in [0.05, 0.1) is 0 Å². The number of aliphatic hydroxyl groups is 1. The van der Waals surface area contributed by atoms with Gasteiger partial charge in [-0.1, -0.05) is 35.3 Å². The molecule has 2 N–H and O–H groups in total. The first-order valence-corrected chi connectivity index (χ1v) is 7.35. The van der Waals surface area contributed by atoms with Gasteiger partial charge in [-0.2, -0.15) is 0 Å². The van der Waals surface area contributed by atoms with Gasteiger partial charge < -0.3 is 10.4 Å². The van der Waals surface area contributed by atoms with Crippen molar-refractivity contribution in [2.45, 2.75) is 18.9 Å². The molecule has 1 amide bonds. The maximum absolute atomic E-state index is 11.4. The Hall–Kier alpha value is -1.55. The van der Waals surface area contributed by atoms with E-state index in [0.717, 1.165) is 16.8 Å². The minimum Gasteiger partial charge on any atom is -0.384 e. The monoisotopic (exact) mass is 321 g/mol. The summed E-state index contributed by atoms with van der Waals surface area (Å²) in [5.41, 5.74) is 3.24. The standard InChI is InChI=1S/C16H13Cl2NO2/c17-12-6-11(7-13(18)8-12)16(21)10-1-3-14-9(5-10)2-4-15(20)19-14/h1,3,5-8,16,21H,2,4H2,(H,19,20). The quantitative estimate of drug-likeness (QED) is 0.879. The van der Waals surface area contributed by atoms with Gasteiger partial charge in [0.25, 0.3) is 0 Å². The Morgan fingerprint density at radius 3 is 2.43 bits per heavy atom. The summed E-state index contributed by atoms with van der Waals surface area (Å²) in [4.78, 5) is 11.4. The molecule has 21 heavy (non-hydrogen) atoms. The van der Waals surface area contributed by atoms with Crippen LogP contribution < -0.4 is 5.32 Å². The number of amides is 1. The van der Waals surface area contributed by atoms with Crippen molar-refractivity contribution in [3.8, 4) is 0 Å². The number of hydrogen-bond donors (Lipinski definition) is 2. The molecule has 0 saturated carbocycles. The van der Waals surface area contributed by atoms with Crippen molar-refractivity contribution in [1.29, 1.82) is 0 Å². The first-order chi connectivity index (χ1) is 10.0. The Morgan fingerprint density at radius 1 is 1.00 bits per heavy atom. The maximum Gasteiger partial charge on any atom is 0.224 e. The van der Waals surface area contributed by atoms with Gasteiger partial charge in [-0.05, 0) is 47.4 Å². The lowest BCUT2D eigenvalue weighted by Crippen LogP contribution is -2.19. The van der Waals surface area contributed by atoms with E-state index >= 15 is 0 Å².